The van der Waals surface area contributed by atoms with Crippen LogP contribution in [0.4, 0.5) is 0 Å². The smallest absolute Gasteiger partial charge is 0.251 e. The number of nitrogens with zero attached hydrogens (tertiary/aromatic N) is 3. The predicted molar refractivity (Wildman–Crippen MR) is 94.9 cm³/mol. The highest BCUT2D eigenvalue weighted by Crippen LogP contribution is 2.26. The lowest BCUT2D eigenvalue weighted by Gasteiger charge is -2.06. The molecule has 3 rings (SSSR count). The highest BCUT2D eigenvalue weighted by atomic mass is 79.9. The summed E-state index contributed by atoms with van der Waals surface area (Å²) in [6.45, 7) is 1.20. The molecule has 0 aliphatic heterocycles. The quantitative estimate of drug-likeness (QED) is 0.659. The number of ether oxygens (including phenoxy) is 1. The minimum atomic E-state index is -0.126. The van der Waals surface area contributed by atoms with Crippen molar-refractivity contribution >= 4 is 27.5 Å². The van der Waals surface area contributed by atoms with E-state index in [-0.39, 0.29) is 5.91 Å². The van der Waals surface area contributed by atoms with Gasteiger partial charge >= 0.3 is 0 Å². The zero-order chi connectivity index (χ0) is 16.9. The number of methoxy groups -OCH3 is 1. The molecule has 0 fully saturated rings. The average molecular weight is 389 g/mol. The average Bonchev–Trinajstić information content (AvgIpc) is 3.02. The van der Waals surface area contributed by atoms with Crippen molar-refractivity contribution in [2.75, 3.05) is 20.3 Å². The van der Waals surface area contributed by atoms with E-state index in [9.17, 15) is 4.79 Å². The van der Waals surface area contributed by atoms with Gasteiger partial charge in [0.25, 0.3) is 5.91 Å². The Balaban J connectivity index is 1.83. The number of amides is 1. The Morgan fingerprint density at radius 1 is 1.29 bits per heavy atom. The van der Waals surface area contributed by atoms with E-state index in [1.807, 2.05) is 34.9 Å². The van der Waals surface area contributed by atoms with Crippen molar-refractivity contribution in [2.24, 2.45) is 0 Å². The number of hydrogen-bond donors (Lipinski definition) is 1. The molecule has 0 bridgehead atoms. The van der Waals surface area contributed by atoms with Crippen LogP contribution in [-0.2, 0) is 4.74 Å². The number of rotatable bonds is 6. The van der Waals surface area contributed by atoms with Crippen LogP contribution in [-0.4, -0.2) is 40.8 Å². The van der Waals surface area contributed by atoms with Gasteiger partial charge in [0, 0.05) is 42.1 Å². The van der Waals surface area contributed by atoms with E-state index >= 15 is 0 Å². The van der Waals surface area contributed by atoms with Crippen LogP contribution in [0.3, 0.4) is 0 Å². The molecule has 1 aromatic carbocycles. The summed E-state index contributed by atoms with van der Waals surface area (Å²) < 4.78 is 7.77. The van der Waals surface area contributed by atoms with Gasteiger partial charge in [-0.3, -0.25) is 9.20 Å². The summed E-state index contributed by atoms with van der Waals surface area (Å²) in [6.07, 6.45) is 2.59. The molecule has 2 heterocycles. The van der Waals surface area contributed by atoms with Crippen molar-refractivity contribution in [1.29, 1.82) is 0 Å². The zero-order valence-corrected chi connectivity index (χ0v) is 14.8. The van der Waals surface area contributed by atoms with Crippen LogP contribution < -0.4 is 5.32 Å². The normalized spacial score (nSPS) is 10.9. The fraction of sp³-hybridized carbons (Fsp3) is 0.235. The Morgan fingerprint density at radius 2 is 2.12 bits per heavy atom. The van der Waals surface area contributed by atoms with E-state index in [1.54, 1.807) is 19.2 Å². The van der Waals surface area contributed by atoms with Crippen LogP contribution in [0.1, 0.15) is 16.8 Å². The molecule has 0 unspecified atom stereocenters. The molecule has 0 radical (unpaired) electrons. The van der Waals surface area contributed by atoms with Gasteiger partial charge in [-0.05, 0) is 24.6 Å². The Bertz CT molecular complexity index is 863. The number of carbonyl (C=O) groups excluding carboxylic acids is 1. The van der Waals surface area contributed by atoms with Crippen molar-refractivity contribution in [3.05, 3.63) is 52.6 Å². The van der Waals surface area contributed by atoms with Crippen LogP contribution in [0, 0.1) is 0 Å². The minimum absolute atomic E-state index is 0.126. The topological polar surface area (TPSA) is 68.5 Å². The Kier molecular flexibility index (Phi) is 5.22. The van der Waals surface area contributed by atoms with Crippen molar-refractivity contribution in [3.63, 3.8) is 0 Å². The second kappa shape index (κ2) is 7.55. The zero-order valence-electron chi connectivity index (χ0n) is 13.2. The minimum Gasteiger partial charge on any atom is -0.385 e. The molecule has 0 aliphatic rings. The van der Waals surface area contributed by atoms with E-state index in [1.165, 1.54) is 0 Å². The first-order valence-electron chi connectivity index (χ1n) is 7.57. The third-order valence-electron chi connectivity index (χ3n) is 3.60. The third kappa shape index (κ3) is 3.47. The number of aromatic nitrogens is 3. The van der Waals surface area contributed by atoms with E-state index in [0.717, 1.165) is 22.3 Å². The van der Waals surface area contributed by atoms with Crippen LogP contribution in [0.2, 0.25) is 0 Å². The van der Waals surface area contributed by atoms with Crippen molar-refractivity contribution in [2.45, 2.75) is 6.42 Å². The van der Waals surface area contributed by atoms with Crippen molar-refractivity contribution in [1.82, 2.24) is 19.9 Å². The SMILES string of the molecule is COCCCNC(=O)c1ccn2c(-c3ccccc3Br)nnc2c1. The maximum Gasteiger partial charge on any atom is 0.251 e. The van der Waals surface area contributed by atoms with Crippen LogP contribution in [0.25, 0.3) is 17.0 Å². The first kappa shape index (κ1) is 16.6. The summed E-state index contributed by atoms with van der Waals surface area (Å²) >= 11 is 3.53. The Labute approximate surface area is 148 Å². The number of nitrogens with one attached hydrogen (secondary N) is 1. The third-order valence-corrected chi connectivity index (χ3v) is 4.29. The highest BCUT2D eigenvalue weighted by Gasteiger charge is 2.13. The molecule has 24 heavy (non-hydrogen) atoms. The fourth-order valence-corrected chi connectivity index (χ4v) is 2.84. The van der Waals surface area contributed by atoms with Gasteiger partial charge < -0.3 is 10.1 Å². The fourth-order valence-electron chi connectivity index (χ4n) is 2.38. The van der Waals surface area contributed by atoms with Gasteiger partial charge in [0.05, 0.1) is 0 Å². The van der Waals surface area contributed by atoms with E-state index in [0.29, 0.717) is 24.4 Å². The van der Waals surface area contributed by atoms with E-state index < -0.39 is 0 Å². The number of benzene rings is 1. The van der Waals surface area contributed by atoms with Crippen molar-refractivity contribution < 1.29 is 9.53 Å². The molecule has 0 aliphatic carbocycles. The number of halogens is 1. The van der Waals surface area contributed by atoms with Crippen molar-refractivity contribution in [3.8, 4) is 11.4 Å². The van der Waals surface area contributed by atoms with E-state index in [2.05, 4.69) is 31.4 Å². The molecule has 6 nitrogen and oxygen atoms in total. The molecular formula is C17H17BrN4O2. The lowest BCUT2D eigenvalue weighted by molar-refractivity contribution is 0.0948. The standard InChI is InChI=1S/C17H17BrN4O2/c1-24-10-4-8-19-17(23)12-7-9-22-15(11-12)20-21-16(22)13-5-2-3-6-14(13)18/h2-3,5-7,9,11H,4,8,10H2,1H3,(H,19,23). The maximum atomic E-state index is 12.2. The molecule has 1 amide bonds. The molecule has 124 valence electrons. The van der Waals surface area contributed by atoms with Gasteiger partial charge in [0.1, 0.15) is 0 Å². The summed E-state index contributed by atoms with van der Waals surface area (Å²) in [5.41, 5.74) is 2.14. The second-order valence-corrected chi connectivity index (χ2v) is 6.10. The molecule has 3 aromatic rings. The predicted octanol–water partition coefficient (Wildman–Crippen LogP) is 2.93. The van der Waals surface area contributed by atoms with Gasteiger partial charge in [-0.1, -0.05) is 34.1 Å². The summed E-state index contributed by atoms with van der Waals surface area (Å²) in [7, 11) is 1.64. The first-order valence-corrected chi connectivity index (χ1v) is 8.37. The number of pyridine rings is 1. The van der Waals surface area contributed by atoms with Gasteiger partial charge in [-0.2, -0.15) is 0 Å². The molecule has 0 atom stereocenters. The first-order chi connectivity index (χ1) is 11.7. The molecule has 1 N–H and O–H groups in total. The molecule has 0 spiro atoms. The maximum absolute atomic E-state index is 12.2. The number of fused-ring (bicyclic) bond motifs is 1. The molecular weight excluding hydrogens is 372 g/mol. The molecule has 7 heteroatoms. The van der Waals surface area contributed by atoms with Gasteiger partial charge in [0.2, 0.25) is 0 Å². The van der Waals surface area contributed by atoms with Crippen LogP contribution >= 0.6 is 15.9 Å². The monoisotopic (exact) mass is 388 g/mol. The van der Waals surface area contributed by atoms with Gasteiger partial charge in [0.15, 0.2) is 11.5 Å². The van der Waals surface area contributed by atoms with Gasteiger partial charge in [-0.25, -0.2) is 0 Å². The summed E-state index contributed by atoms with van der Waals surface area (Å²) in [6, 6.07) is 11.3. The lowest BCUT2D eigenvalue weighted by atomic mass is 10.2. The summed E-state index contributed by atoms with van der Waals surface area (Å²) in [4.78, 5) is 12.2. The highest BCUT2D eigenvalue weighted by molar-refractivity contribution is 9.10. The summed E-state index contributed by atoms with van der Waals surface area (Å²) in [5.74, 6) is 0.601. The summed E-state index contributed by atoms with van der Waals surface area (Å²) in [5, 5.41) is 11.3. The molecule has 2 aromatic heterocycles. The number of hydrogen-bond acceptors (Lipinski definition) is 4. The van der Waals surface area contributed by atoms with Crippen LogP contribution in [0.15, 0.2) is 47.1 Å². The van der Waals surface area contributed by atoms with Crippen LogP contribution in [0.5, 0.6) is 0 Å². The number of carbonyl (C=O) groups is 1. The second-order valence-electron chi connectivity index (χ2n) is 5.25. The van der Waals surface area contributed by atoms with E-state index in [4.69, 9.17) is 4.74 Å². The Morgan fingerprint density at radius 3 is 2.92 bits per heavy atom. The molecule has 0 saturated heterocycles. The lowest BCUT2D eigenvalue weighted by Crippen LogP contribution is -2.25. The largest absolute Gasteiger partial charge is 0.385 e. The molecule has 0 saturated carbocycles. The Hall–Kier alpha value is -2.25. The van der Waals surface area contributed by atoms with Gasteiger partial charge in [-0.15, -0.1) is 10.2 Å².